The molecule has 2 N–H and O–H groups in total. The molecule has 1 aliphatic rings. The van der Waals surface area contributed by atoms with Crippen LogP contribution in [0.5, 0.6) is 0 Å². The first-order valence-corrected chi connectivity index (χ1v) is 10.2. The van der Waals surface area contributed by atoms with Gasteiger partial charge in [0.15, 0.2) is 5.79 Å². The maximum absolute atomic E-state index is 12.8. The van der Waals surface area contributed by atoms with E-state index in [0.717, 1.165) is 12.8 Å². The Morgan fingerprint density at radius 2 is 1.82 bits per heavy atom. The van der Waals surface area contributed by atoms with E-state index in [4.69, 9.17) is 9.47 Å². The van der Waals surface area contributed by atoms with Crippen LogP contribution >= 0.6 is 12.6 Å². The molecule has 1 aromatic rings. The number of ether oxygens (including phenoxy) is 2. The van der Waals surface area contributed by atoms with Crippen molar-refractivity contribution in [1.29, 1.82) is 0 Å². The molecule has 7 heteroatoms. The maximum atomic E-state index is 12.8. The van der Waals surface area contributed by atoms with Gasteiger partial charge in [0.25, 0.3) is 0 Å². The number of thiol groups is 1. The minimum absolute atomic E-state index is 0.157. The van der Waals surface area contributed by atoms with Gasteiger partial charge >= 0.3 is 0 Å². The molecule has 0 aliphatic carbocycles. The summed E-state index contributed by atoms with van der Waals surface area (Å²) in [6.45, 7) is 8.01. The van der Waals surface area contributed by atoms with Gasteiger partial charge in [0.2, 0.25) is 11.8 Å². The monoisotopic (exact) mass is 408 g/mol. The number of hydrogen-bond acceptors (Lipinski definition) is 5. The van der Waals surface area contributed by atoms with E-state index in [2.05, 4.69) is 23.3 Å². The van der Waals surface area contributed by atoms with E-state index in [1.807, 2.05) is 58.0 Å². The number of aryl methyl sites for hydroxylation is 1. The van der Waals surface area contributed by atoms with E-state index in [1.165, 1.54) is 5.56 Å². The van der Waals surface area contributed by atoms with E-state index in [0.29, 0.717) is 19.6 Å². The Kier molecular flexibility index (Phi) is 7.92. The molecular formula is C21H32N2O4S. The molecule has 1 fully saturated rings. The van der Waals surface area contributed by atoms with E-state index in [9.17, 15) is 9.59 Å². The Bertz CT molecular complexity index is 648. The molecule has 1 aliphatic heterocycles. The zero-order valence-corrected chi connectivity index (χ0v) is 18.1. The van der Waals surface area contributed by atoms with Crippen LogP contribution < -0.4 is 10.6 Å². The van der Waals surface area contributed by atoms with Crippen molar-refractivity contribution < 1.29 is 19.1 Å². The van der Waals surface area contributed by atoms with Gasteiger partial charge in [-0.2, -0.15) is 12.6 Å². The number of benzene rings is 1. The van der Waals surface area contributed by atoms with Crippen molar-refractivity contribution >= 4 is 24.4 Å². The van der Waals surface area contributed by atoms with Crippen molar-refractivity contribution in [3.05, 3.63) is 35.9 Å². The standard InChI is InChI=1S/C21H32N2O4S/c1-20(2,28)18(19(25)22-16-13-26-21(3,4)27-14-16)23-17(24)12-8-11-15-9-6-5-7-10-15/h5-7,9-10,16,18,28H,8,11-14H2,1-4H3,(H,22,25)(H,23,24)/t18-/m1/s1. The second kappa shape index (κ2) is 9.76. The van der Waals surface area contributed by atoms with Crippen molar-refractivity contribution in [3.8, 4) is 0 Å². The molecule has 1 heterocycles. The lowest BCUT2D eigenvalue weighted by Gasteiger charge is -2.37. The van der Waals surface area contributed by atoms with Gasteiger partial charge < -0.3 is 20.1 Å². The average molecular weight is 409 g/mol. The molecule has 2 amide bonds. The van der Waals surface area contributed by atoms with Gasteiger partial charge in [0.1, 0.15) is 6.04 Å². The van der Waals surface area contributed by atoms with Crippen molar-refractivity contribution in [3.63, 3.8) is 0 Å². The van der Waals surface area contributed by atoms with Crippen molar-refractivity contribution in [2.45, 2.75) is 69.6 Å². The molecule has 0 radical (unpaired) electrons. The number of carbonyl (C=O) groups excluding carboxylic acids is 2. The Morgan fingerprint density at radius 1 is 1.21 bits per heavy atom. The summed E-state index contributed by atoms with van der Waals surface area (Å²) in [5.41, 5.74) is 1.19. The van der Waals surface area contributed by atoms with Crippen LogP contribution in [0.1, 0.15) is 46.1 Å². The van der Waals surface area contributed by atoms with Crippen LogP contribution in [0.3, 0.4) is 0 Å². The van der Waals surface area contributed by atoms with Crippen LogP contribution in [0, 0.1) is 0 Å². The van der Waals surface area contributed by atoms with E-state index in [1.54, 1.807) is 0 Å². The number of carbonyl (C=O) groups is 2. The van der Waals surface area contributed by atoms with Gasteiger partial charge in [0, 0.05) is 11.2 Å². The van der Waals surface area contributed by atoms with Gasteiger partial charge in [-0.05, 0) is 46.1 Å². The smallest absolute Gasteiger partial charge is 0.244 e. The van der Waals surface area contributed by atoms with Crippen molar-refractivity contribution in [1.82, 2.24) is 10.6 Å². The summed E-state index contributed by atoms with van der Waals surface area (Å²) < 4.78 is 10.4. The highest BCUT2D eigenvalue weighted by molar-refractivity contribution is 7.81. The molecule has 0 bridgehead atoms. The summed E-state index contributed by atoms with van der Waals surface area (Å²) in [6, 6.07) is 9.01. The molecule has 1 saturated heterocycles. The third kappa shape index (κ3) is 7.45. The van der Waals surface area contributed by atoms with Crippen LogP contribution in [0.4, 0.5) is 0 Å². The summed E-state index contributed by atoms with van der Waals surface area (Å²) in [6.07, 6.45) is 1.89. The minimum Gasteiger partial charge on any atom is -0.348 e. The zero-order chi connectivity index (χ0) is 20.8. The Balaban J connectivity index is 1.84. The first-order valence-electron chi connectivity index (χ1n) is 9.71. The van der Waals surface area contributed by atoms with Crippen molar-refractivity contribution in [2.75, 3.05) is 13.2 Å². The fourth-order valence-electron chi connectivity index (χ4n) is 2.95. The lowest BCUT2D eigenvalue weighted by molar-refractivity contribution is -0.252. The first-order chi connectivity index (χ1) is 13.1. The predicted molar refractivity (Wildman–Crippen MR) is 112 cm³/mol. The number of nitrogens with one attached hydrogen (secondary N) is 2. The fraction of sp³-hybridized carbons (Fsp3) is 0.619. The number of amides is 2. The zero-order valence-electron chi connectivity index (χ0n) is 17.2. The Morgan fingerprint density at radius 3 is 2.39 bits per heavy atom. The SMILES string of the molecule is CC1(C)OCC(NC(=O)[C@@H](NC(=O)CCCc2ccccc2)C(C)(C)S)CO1. The second-order valence-corrected chi connectivity index (χ2v) is 9.37. The molecule has 0 aromatic heterocycles. The quantitative estimate of drug-likeness (QED) is 0.578. The molecule has 0 spiro atoms. The average Bonchev–Trinajstić information content (AvgIpc) is 2.61. The van der Waals surface area contributed by atoms with E-state index in [-0.39, 0.29) is 17.9 Å². The van der Waals surface area contributed by atoms with Gasteiger partial charge in [-0.15, -0.1) is 0 Å². The highest BCUT2D eigenvalue weighted by Gasteiger charge is 2.36. The third-order valence-corrected chi connectivity index (χ3v) is 4.85. The van der Waals surface area contributed by atoms with Gasteiger partial charge in [-0.25, -0.2) is 0 Å². The van der Waals surface area contributed by atoms with E-state index >= 15 is 0 Å². The molecule has 0 saturated carbocycles. The molecule has 28 heavy (non-hydrogen) atoms. The second-order valence-electron chi connectivity index (χ2n) is 8.22. The van der Waals surface area contributed by atoms with Crippen LogP contribution in [-0.4, -0.2) is 47.6 Å². The lowest BCUT2D eigenvalue weighted by Crippen LogP contribution is -2.59. The lowest BCUT2D eigenvalue weighted by atomic mass is 10.0. The van der Waals surface area contributed by atoms with Crippen LogP contribution in [0.15, 0.2) is 30.3 Å². The molecule has 2 rings (SSSR count). The number of hydrogen-bond donors (Lipinski definition) is 3. The molecule has 6 nitrogen and oxygen atoms in total. The van der Waals surface area contributed by atoms with Crippen molar-refractivity contribution in [2.24, 2.45) is 0 Å². The molecule has 1 atom stereocenters. The van der Waals surface area contributed by atoms with E-state index < -0.39 is 16.6 Å². The molecule has 0 unspecified atom stereocenters. The maximum Gasteiger partial charge on any atom is 0.244 e. The highest BCUT2D eigenvalue weighted by atomic mass is 32.1. The van der Waals surface area contributed by atoms with Gasteiger partial charge in [-0.3, -0.25) is 9.59 Å². The Labute approximate surface area is 173 Å². The highest BCUT2D eigenvalue weighted by Crippen LogP contribution is 2.20. The summed E-state index contributed by atoms with van der Waals surface area (Å²) in [5, 5.41) is 5.74. The van der Waals surface area contributed by atoms with Gasteiger partial charge in [0.05, 0.1) is 19.3 Å². The minimum atomic E-state index is -0.755. The largest absolute Gasteiger partial charge is 0.348 e. The Hall–Kier alpha value is -1.57. The predicted octanol–water partition coefficient (Wildman–Crippen LogP) is 2.47. The normalized spacial score (nSPS) is 18.3. The van der Waals surface area contributed by atoms with Gasteiger partial charge in [-0.1, -0.05) is 30.3 Å². The summed E-state index contributed by atoms with van der Waals surface area (Å²) >= 11 is 4.52. The molecular weight excluding hydrogens is 376 g/mol. The fourth-order valence-corrected chi connectivity index (χ4v) is 3.14. The summed E-state index contributed by atoms with van der Waals surface area (Å²) in [5.74, 6) is -1.08. The van der Waals surface area contributed by atoms with Crippen LogP contribution in [0.25, 0.3) is 0 Å². The first kappa shape index (κ1) is 22.7. The summed E-state index contributed by atoms with van der Waals surface area (Å²) in [4.78, 5) is 25.2. The summed E-state index contributed by atoms with van der Waals surface area (Å²) in [7, 11) is 0. The molecule has 1 aromatic carbocycles. The third-order valence-electron chi connectivity index (χ3n) is 4.60. The van der Waals surface area contributed by atoms with Crippen LogP contribution in [-0.2, 0) is 25.5 Å². The number of rotatable bonds is 8. The van der Waals surface area contributed by atoms with Crippen LogP contribution in [0.2, 0.25) is 0 Å². The topological polar surface area (TPSA) is 76.7 Å². The molecule has 156 valence electrons.